The minimum absolute atomic E-state index is 0.228. The number of nitrogens with one attached hydrogen (secondary N) is 2. The zero-order valence-corrected chi connectivity index (χ0v) is 20.5. The number of ether oxygens (including phenoxy) is 3. The van der Waals surface area contributed by atoms with Crippen LogP contribution in [0, 0.1) is 0 Å². The summed E-state index contributed by atoms with van der Waals surface area (Å²) in [5.41, 5.74) is 0.417. The Kier molecular flexibility index (Phi) is 10.0. The van der Waals surface area contributed by atoms with Crippen LogP contribution in [0.4, 0.5) is 18.9 Å². The fourth-order valence-corrected chi connectivity index (χ4v) is 4.29. The lowest BCUT2D eigenvalue weighted by Crippen LogP contribution is -2.21. The van der Waals surface area contributed by atoms with Crippen molar-refractivity contribution >= 4 is 26.6 Å². The smallest absolute Gasteiger partial charge is 0.382 e. The standard InChI is InChI=1S/C24H28F3N3O5S/c1-33-13-14-35-16-15-34-12-11-28-17-20-8-5-18-3-2-4-22(23(18)29-20)30-36(31,32)21-9-6-19(7-10-21)24(25,26)27/h2-10,28,30H,11-17H2,1H3. The lowest BCUT2D eigenvalue weighted by Gasteiger charge is -2.12. The number of aromatic nitrogens is 1. The predicted molar refractivity (Wildman–Crippen MR) is 129 cm³/mol. The highest BCUT2D eigenvalue weighted by Gasteiger charge is 2.30. The van der Waals surface area contributed by atoms with Crippen molar-refractivity contribution in [2.45, 2.75) is 17.6 Å². The summed E-state index contributed by atoms with van der Waals surface area (Å²) in [6.45, 7) is 3.53. The second kappa shape index (κ2) is 13.0. The Morgan fingerprint density at radius 1 is 0.889 bits per heavy atom. The van der Waals surface area contributed by atoms with Crippen molar-refractivity contribution in [3.05, 3.63) is 65.9 Å². The van der Waals surface area contributed by atoms with Crippen LogP contribution in [0.1, 0.15) is 11.3 Å². The summed E-state index contributed by atoms with van der Waals surface area (Å²) in [5, 5.41) is 3.92. The van der Waals surface area contributed by atoms with Gasteiger partial charge in [0.1, 0.15) is 0 Å². The summed E-state index contributed by atoms with van der Waals surface area (Å²) < 4.78 is 82.1. The van der Waals surface area contributed by atoms with Crippen LogP contribution in [-0.4, -0.2) is 60.1 Å². The molecule has 8 nitrogen and oxygen atoms in total. The van der Waals surface area contributed by atoms with E-state index in [1.807, 2.05) is 12.1 Å². The van der Waals surface area contributed by atoms with Crippen molar-refractivity contribution in [2.24, 2.45) is 0 Å². The molecule has 0 aliphatic rings. The molecule has 1 aromatic heterocycles. The molecule has 12 heteroatoms. The van der Waals surface area contributed by atoms with E-state index in [2.05, 4.69) is 15.0 Å². The summed E-state index contributed by atoms with van der Waals surface area (Å²) in [7, 11) is -2.51. The van der Waals surface area contributed by atoms with Gasteiger partial charge in [0.15, 0.2) is 0 Å². The van der Waals surface area contributed by atoms with Gasteiger partial charge in [-0.1, -0.05) is 18.2 Å². The Hall–Kier alpha value is -2.77. The van der Waals surface area contributed by atoms with Crippen molar-refractivity contribution < 1.29 is 35.8 Å². The first-order valence-corrected chi connectivity index (χ1v) is 12.6. The number of pyridine rings is 1. The number of hydrogen-bond donors (Lipinski definition) is 2. The summed E-state index contributed by atoms with van der Waals surface area (Å²) >= 11 is 0. The van der Waals surface area contributed by atoms with E-state index in [4.69, 9.17) is 14.2 Å². The maximum absolute atomic E-state index is 12.8. The van der Waals surface area contributed by atoms with E-state index in [0.29, 0.717) is 62.7 Å². The molecule has 1 heterocycles. The van der Waals surface area contributed by atoms with Gasteiger partial charge in [0.2, 0.25) is 0 Å². The van der Waals surface area contributed by atoms with Gasteiger partial charge in [0.25, 0.3) is 10.0 Å². The molecule has 0 amide bonds. The molecule has 196 valence electrons. The van der Waals surface area contributed by atoms with Crippen molar-refractivity contribution in [3.63, 3.8) is 0 Å². The monoisotopic (exact) mass is 527 g/mol. The second-order valence-corrected chi connectivity index (χ2v) is 9.38. The Labute approximate surface area is 207 Å². The highest BCUT2D eigenvalue weighted by Crippen LogP contribution is 2.30. The lowest BCUT2D eigenvalue weighted by molar-refractivity contribution is -0.137. The molecule has 0 spiro atoms. The minimum atomic E-state index is -4.55. The molecule has 0 aliphatic carbocycles. The number of fused-ring (bicyclic) bond motifs is 1. The van der Waals surface area contributed by atoms with Gasteiger partial charge < -0.3 is 19.5 Å². The maximum atomic E-state index is 12.8. The number of rotatable bonds is 14. The molecule has 0 aliphatic heterocycles. The van der Waals surface area contributed by atoms with E-state index >= 15 is 0 Å². The molecule has 0 unspecified atom stereocenters. The molecule has 36 heavy (non-hydrogen) atoms. The maximum Gasteiger partial charge on any atom is 0.416 e. The molecular weight excluding hydrogens is 499 g/mol. The number of anilines is 1. The summed E-state index contributed by atoms with van der Waals surface area (Å²) in [6, 6.07) is 12.0. The zero-order chi connectivity index (χ0) is 26.0. The molecule has 0 saturated heterocycles. The molecule has 2 N–H and O–H groups in total. The second-order valence-electron chi connectivity index (χ2n) is 7.70. The summed E-state index contributed by atoms with van der Waals surface area (Å²) in [4.78, 5) is 4.28. The number of alkyl halides is 3. The third kappa shape index (κ3) is 8.14. The fourth-order valence-electron chi connectivity index (χ4n) is 3.22. The summed E-state index contributed by atoms with van der Waals surface area (Å²) in [6.07, 6.45) is -4.55. The zero-order valence-electron chi connectivity index (χ0n) is 19.7. The van der Waals surface area contributed by atoms with Crippen LogP contribution in [0.5, 0.6) is 0 Å². The third-order valence-corrected chi connectivity index (χ3v) is 6.43. The van der Waals surface area contributed by atoms with E-state index in [0.717, 1.165) is 24.3 Å². The van der Waals surface area contributed by atoms with Gasteiger partial charge in [-0.3, -0.25) is 4.72 Å². The summed E-state index contributed by atoms with van der Waals surface area (Å²) in [5.74, 6) is 0. The molecule has 3 rings (SSSR count). The number of hydrogen-bond acceptors (Lipinski definition) is 7. The highest BCUT2D eigenvalue weighted by atomic mass is 32.2. The van der Waals surface area contributed by atoms with Crippen LogP contribution in [0.15, 0.2) is 59.5 Å². The number of para-hydroxylation sites is 1. The Bertz CT molecular complexity index is 1220. The number of halogens is 3. The topological polar surface area (TPSA) is 98.8 Å². The van der Waals surface area contributed by atoms with Gasteiger partial charge in [0.05, 0.1) is 60.4 Å². The SMILES string of the molecule is COCCOCCOCCNCc1ccc2cccc(NS(=O)(=O)c3ccc(C(F)(F)F)cc3)c2n1. The quantitative estimate of drug-likeness (QED) is 0.308. The molecule has 0 radical (unpaired) electrons. The first kappa shape index (κ1) is 27.8. The molecule has 0 atom stereocenters. The van der Waals surface area contributed by atoms with E-state index in [1.54, 1.807) is 25.3 Å². The van der Waals surface area contributed by atoms with Crippen LogP contribution in [0.25, 0.3) is 10.9 Å². The van der Waals surface area contributed by atoms with Crippen LogP contribution >= 0.6 is 0 Å². The molecule has 3 aromatic rings. The lowest BCUT2D eigenvalue weighted by atomic mass is 10.2. The van der Waals surface area contributed by atoms with Gasteiger partial charge >= 0.3 is 6.18 Å². The number of sulfonamides is 1. The largest absolute Gasteiger partial charge is 0.416 e. The predicted octanol–water partition coefficient (Wildman–Crippen LogP) is 3.82. The fraction of sp³-hybridized carbons (Fsp3) is 0.375. The molecule has 0 bridgehead atoms. The van der Waals surface area contributed by atoms with Gasteiger partial charge in [-0.2, -0.15) is 13.2 Å². The minimum Gasteiger partial charge on any atom is -0.382 e. The number of methoxy groups -OCH3 is 1. The van der Waals surface area contributed by atoms with Crippen molar-refractivity contribution in [1.29, 1.82) is 0 Å². The van der Waals surface area contributed by atoms with Crippen LogP contribution in [0.3, 0.4) is 0 Å². The molecule has 2 aromatic carbocycles. The Morgan fingerprint density at radius 3 is 2.28 bits per heavy atom. The first-order chi connectivity index (χ1) is 17.2. The van der Waals surface area contributed by atoms with Crippen molar-refractivity contribution in [3.8, 4) is 0 Å². The van der Waals surface area contributed by atoms with E-state index in [-0.39, 0.29) is 10.6 Å². The number of benzene rings is 2. The first-order valence-electron chi connectivity index (χ1n) is 11.1. The Balaban J connectivity index is 1.59. The normalized spacial score (nSPS) is 12.2. The van der Waals surface area contributed by atoms with E-state index in [1.165, 1.54) is 0 Å². The Morgan fingerprint density at radius 2 is 1.58 bits per heavy atom. The van der Waals surface area contributed by atoms with Crippen LogP contribution in [0.2, 0.25) is 0 Å². The van der Waals surface area contributed by atoms with Gasteiger partial charge in [-0.05, 0) is 36.4 Å². The highest BCUT2D eigenvalue weighted by molar-refractivity contribution is 7.92. The average Bonchev–Trinajstić information content (AvgIpc) is 2.85. The van der Waals surface area contributed by atoms with Crippen molar-refractivity contribution in [1.82, 2.24) is 10.3 Å². The van der Waals surface area contributed by atoms with E-state index < -0.39 is 21.8 Å². The van der Waals surface area contributed by atoms with Crippen LogP contribution in [-0.2, 0) is 37.0 Å². The van der Waals surface area contributed by atoms with Gasteiger partial charge in [-0.25, -0.2) is 13.4 Å². The van der Waals surface area contributed by atoms with Gasteiger partial charge in [-0.15, -0.1) is 0 Å². The number of nitrogens with zero attached hydrogens (tertiary/aromatic N) is 1. The van der Waals surface area contributed by atoms with E-state index in [9.17, 15) is 21.6 Å². The third-order valence-electron chi connectivity index (χ3n) is 5.05. The van der Waals surface area contributed by atoms with Crippen molar-refractivity contribution in [2.75, 3.05) is 51.4 Å². The molecular formula is C24H28F3N3O5S. The van der Waals surface area contributed by atoms with Crippen LogP contribution < -0.4 is 10.0 Å². The molecule has 0 fully saturated rings. The van der Waals surface area contributed by atoms with Gasteiger partial charge in [0, 0.05) is 25.6 Å². The average molecular weight is 528 g/mol. The molecule has 0 saturated carbocycles.